The smallest absolute Gasteiger partial charge is 0.375 e. The Bertz CT molecular complexity index is 1770. The molecule has 3 nitrogen and oxygen atoms in total. The third-order valence-corrected chi connectivity index (χ3v) is 7.66. The van der Waals surface area contributed by atoms with E-state index in [4.69, 9.17) is 0 Å². The summed E-state index contributed by atoms with van der Waals surface area (Å²) >= 11 is 1.65. The van der Waals surface area contributed by atoms with Crippen LogP contribution in [0.25, 0.3) is 52.5 Å². The highest BCUT2D eigenvalue weighted by Gasteiger charge is 2.48. The van der Waals surface area contributed by atoms with Crippen LogP contribution in [-0.2, 0) is 10.1 Å². The van der Waals surface area contributed by atoms with Gasteiger partial charge in [0.15, 0.2) is 5.75 Å². The van der Waals surface area contributed by atoms with Crippen molar-refractivity contribution in [3.05, 3.63) is 66.7 Å². The summed E-state index contributed by atoms with van der Waals surface area (Å²) < 4.78 is 69.5. The SMILES string of the molecule is O=S(=O)(Oc1cc2c3cccc4sc5cccc(c2c2ccccc12)c5c43)C(F)(F)F. The molecule has 8 heteroatoms. The van der Waals surface area contributed by atoms with Gasteiger partial charge in [-0.25, -0.2) is 0 Å². The summed E-state index contributed by atoms with van der Waals surface area (Å²) in [4.78, 5) is 0. The summed E-state index contributed by atoms with van der Waals surface area (Å²) in [5.41, 5.74) is -5.52. The molecular weight excluding hydrogens is 445 g/mol. The van der Waals surface area contributed by atoms with E-state index in [1.54, 1.807) is 35.6 Å². The van der Waals surface area contributed by atoms with Crippen LogP contribution >= 0.6 is 11.3 Å². The molecule has 1 heterocycles. The molecule has 0 amide bonds. The molecule has 0 radical (unpaired) electrons. The number of fused-ring (bicyclic) bond motifs is 5. The van der Waals surface area contributed by atoms with Crippen LogP contribution in [0.5, 0.6) is 5.75 Å². The van der Waals surface area contributed by atoms with Crippen LogP contribution in [0.3, 0.4) is 0 Å². The van der Waals surface area contributed by atoms with Crippen LogP contribution in [0, 0.1) is 0 Å². The van der Waals surface area contributed by atoms with Crippen LogP contribution in [-0.4, -0.2) is 13.9 Å². The van der Waals surface area contributed by atoms with E-state index in [2.05, 4.69) is 4.18 Å². The maximum atomic E-state index is 13.0. The molecule has 154 valence electrons. The van der Waals surface area contributed by atoms with Crippen molar-refractivity contribution in [2.24, 2.45) is 0 Å². The fourth-order valence-corrected chi connectivity index (χ4v) is 6.01. The van der Waals surface area contributed by atoms with Gasteiger partial charge >= 0.3 is 15.6 Å². The van der Waals surface area contributed by atoms with E-state index in [0.717, 1.165) is 36.3 Å². The van der Waals surface area contributed by atoms with Crippen LogP contribution in [0.4, 0.5) is 13.2 Å². The van der Waals surface area contributed by atoms with E-state index in [9.17, 15) is 21.6 Å². The van der Waals surface area contributed by atoms with Crippen molar-refractivity contribution in [2.75, 3.05) is 0 Å². The maximum Gasteiger partial charge on any atom is 0.534 e. The average Bonchev–Trinajstić information content (AvgIpc) is 3.11. The van der Waals surface area contributed by atoms with Gasteiger partial charge in [-0.2, -0.15) is 21.6 Å². The van der Waals surface area contributed by atoms with Crippen molar-refractivity contribution < 1.29 is 25.8 Å². The lowest BCUT2D eigenvalue weighted by Crippen LogP contribution is -2.28. The zero-order chi connectivity index (χ0) is 21.5. The van der Waals surface area contributed by atoms with Gasteiger partial charge in [0.05, 0.1) is 0 Å². The Balaban J connectivity index is 1.85. The van der Waals surface area contributed by atoms with E-state index >= 15 is 0 Å². The fourth-order valence-electron chi connectivity index (χ4n) is 4.38. The molecule has 1 aromatic heterocycles. The topological polar surface area (TPSA) is 43.4 Å². The second kappa shape index (κ2) is 5.99. The largest absolute Gasteiger partial charge is 0.534 e. The second-order valence-electron chi connectivity index (χ2n) is 7.29. The Morgan fingerprint density at radius 3 is 1.90 bits per heavy atom. The molecule has 0 aliphatic rings. The lowest BCUT2D eigenvalue weighted by atomic mass is 9.91. The molecule has 5 aromatic carbocycles. The fraction of sp³-hybridized carbons (Fsp3) is 0.0435. The number of rotatable bonds is 2. The highest BCUT2D eigenvalue weighted by molar-refractivity contribution is 7.88. The Morgan fingerprint density at radius 2 is 1.23 bits per heavy atom. The predicted molar refractivity (Wildman–Crippen MR) is 119 cm³/mol. The van der Waals surface area contributed by atoms with Gasteiger partial charge in [-0.3, -0.25) is 0 Å². The molecule has 6 rings (SSSR count). The number of hydrogen-bond donors (Lipinski definition) is 0. The van der Waals surface area contributed by atoms with Crippen molar-refractivity contribution in [1.82, 2.24) is 0 Å². The molecule has 0 spiro atoms. The number of thiophene rings is 1. The predicted octanol–water partition coefficient (Wildman–Crippen LogP) is 7.18. The van der Waals surface area contributed by atoms with Crippen molar-refractivity contribution in [1.29, 1.82) is 0 Å². The molecule has 0 N–H and O–H groups in total. The number of benzene rings is 5. The molecule has 0 aliphatic carbocycles. The second-order valence-corrected chi connectivity index (χ2v) is 9.91. The van der Waals surface area contributed by atoms with Gasteiger partial charge in [0.2, 0.25) is 0 Å². The quantitative estimate of drug-likeness (QED) is 0.157. The van der Waals surface area contributed by atoms with E-state index in [1.807, 2.05) is 36.4 Å². The summed E-state index contributed by atoms with van der Waals surface area (Å²) in [5, 5.41) is 6.38. The zero-order valence-corrected chi connectivity index (χ0v) is 17.2. The summed E-state index contributed by atoms with van der Waals surface area (Å²) in [5.74, 6) is -0.338. The highest BCUT2D eigenvalue weighted by atomic mass is 32.2. The molecular formula is C23H11F3O3S2. The first-order chi connectivity index (χ1) is 14.8. The lowest BCUT2D eigenvalue weighted by molar-refractivity contribution is -0.0499. The van der Waals surface area contributed by atoms with E-state index in [1.165, 1.54) is 6.07 Å². The van der Waals surface area contributed by atoms with Gasteiger partial charge in [0.25, 0.3) is 0 Å². The molecule has 6 aromatic rings. The van der Waals surface area contributed by atoms with Crippen LogP contribution < -0.4 is 4.18 Å². The van der Waals surface area contributed by atoms with Gasteiger partial charge in [-0.05, 0) is 45.1 Å². The maximum absolute atomic E-state index is 13.0. The molecule has 0 atom stereocenters. The summed E-state index contributed by atoms with van der Waals surface area (Å²) in [6.07, 6.45) is 0. The molecule has 31 heavy (non-hydrogen) atoms. The van der Waals surface area contributed by atoms with E-state index in [0.29, 0.717) is 16.2 Å². The molecule has 0 bridgehead atoms. The first-order valence-electron chi connectivity index (χ1n) is 9.28. The summed E-state index contributed by atoms with van der Waals surface area (Å²) in [7, 11) is -5.81. The molecule has 0 saturated carbocycles. The van der Waals surface area contributed by atoms with E-state index in [-0.39, 0.29) is 5.75 Å². The molecule has 0 fully saturated rings. The van der Waals surface area contributed by atoms with Crippen LogP contribution in [0.1, 0.15) is 0 Å². The minimum atomic E-state index is -5.81. The Morgan fingerprint density at radius 1 is 0.677 bits per heavy atom. The number of alkyl halides is 3. The van der Waals surface area contributed by atoms with Crippen molar-refractivity contribution in [2.45, 2.75) is 5.51 Å². The lowest BCUT2D eigenvalue weighted by Gasteiger charge is -2.16. The number of hydrogen-bond acceptors (Lipinski definition) is 4. The van der Waals surface area contributed by atoms with E-state index < -0.39 is 15.6 Å². The van der Waals surface area contributed by atoms with Crippen molar-refractivity contribution in [3.63, 3.8) is 0 Å². The van der Waals surface area contributed by atoms with Gasteiger partial charge in [0, 0.05) is 25.6 Å². The third-order valence-electron chi connectivity index (χ3n) is 5.57. The molecule has 0 saturated heterocycles. The highest BCUT2D eigenvalue weighted by Crippen LogP contribution is 2.48. The van der Waals surface area contributed by atoms with Crippen LogP contribution in [0.2, 0.25) is 0 Å². The van der Waals surface area contributed by atoms with Crippen molar-refractivity contribution in [3.8, 4) is 5.75 Å². The average molecular weight is 456 g/mol. The Kier molecular flexibility index (Phi) is 3.60. The van der Waals surface area contributed by atoms with Crippen molar-refractivity contribution >= 4 is 73.9 Å². The number of halogens is 3. The minimum Gasteiger partial charge on any atom is -0.375 e. The first kappa shape index (κ1) is 18.7. The van der Waals surface area contributed by atoms with Gasteiger partial charge in [-0.1, -0.05) is 48.5 Å². The Labute approximate surface area is 177 Å². The van der Waals surface area contributed by atoms with Gasteiger partial charge < -0.3 is 4.18 Å². The monoisotopic (exact) mass is 456 g/mol. The first-order valence-corrected chi connectivity index (χ1v) is 11.5. The summed E-state index contributed by atoms with van der Waals surface area (Å²) in [6.45, 7) is 0. The minimum absolute atomic E-state index is 0.303. The van der Waals surface area contributed by atoms with Gasteiger partial charge in [-0.15, -0.1) is 11.3 Å². The Hall–Kier alpha value is -3.10. The molecule has 0 aliphatic heterocycles. The summed E-state index contributed by atoms with van der Waals surface area (Å²) in [6, 6.07) is 20.0. The van der Waals surface area contributed by atoms with Gasteiger partial charge in [0.1, 0.15) is 0 Å². The van der Waals surface area contributed by atoms with Crippen LogP contribution in [0.15, 0.2) is 66.7 Å². The normalized spacial score (nSPS) is 13.3. The standard InChI is InChI=1S/C23H11F3O3S2/c24-23(25,26)31(27,28)29-17-11-16-14-7-3-9-18-21(14)22-15(8-4-10-19(22)30-18)20(16)13-6-2-1-5-12(13)17/h1-11H. The third kappa shape index (κ3) is 2.49. The zero-order valence-electron chi connectivity index (χ0n) is 15.5. The molecule has 0 unspecified atom stereocenters.